The molecule has 0 N–H and O–H groups in total. The van der Waals surface area contributed by atoms with Gasteiger partial charge >= 0.3 is 44.3 Å². The Morgan fingerprint density at radius 2 is 0.710 bits per heavy atom. The number of hydrogen-bond donors (Lipinski definition) is 0. The lowest BCUT2D eigenvalue weighted by atomic mass is 9.89. The predicted molar refractivity (Wildman–Crippen MR) is 182 cm³/mol. The molecule has 3 aliphatic heterocycles. The number of allylic oxidation sites excluding steroid dienone is 2. The first-order valence-electron chi connectivity index (χ1n) is 17.2. The van der Waals surface area contributed by atoms with Crippen molar-refractivity contribution in [3.63, 3.8) is 0 Å². The molecule has 23 heteroatoms. The number of aliphatic imine (C=N–C) groups is 1. The molecule has 322 valence electrons. The van der Waals surface area contributed by atoms with Crippen molar-refractivity contribution in [1.82, 2.24) is 8.96 Å². The highest BCUT2D eigenvalue weighted by atomic mass is 19.4. The van der Waals surface area contributed by atoms with Crippen molar-refractivity contribution in [2.45, 2.75) is 37.1 Å². The predicted octanol–water partition coefficient (Wildman–Crippen LogP) is 11.1. The highest BCUT2D eigenvalue weighted by Crippen LogP contribution is 2.56. The van der Waals surface area contributed by atoms with Gasteiger partial charge in [0.25, 0.3) is 0 Å². The van der Waals surface area contributed by atoms with Gasteiger partial charge in [0.15, 0.2) is 0 Å². The lowest BCUT2D eigenvalue weighted by molar-refractivity contribution is -0.162. The number of fused-ring (bicyclic) bond motifs is 1. The molecule has 0 spiro atoms. The van der Waals surface area contributed by atoms with Gasteiger partial charge in [0.2, 0.25) is 0 Å². The Morgan fingerprint density at radius 3 is 1.08 bits per heavy atom. The molecule has 62 heavy (non-hydrogen) atoms. The fourth-order valence-electron chi connectivity index (χ4n) is 8.15. The smallest absolute Gasteiger partial charge is 0.333 e. The van der Waals surface area contributed by atoms with Crippen LogP contribution >= 0.6 is 0 Å². The molecule has 0 amide bonds. The summed E-state index contributed by atoms with van der Waals surface area (Å²) in [5.41, 5.74) is -36.4. The molecule has 0 atom stereocenters. The molecule has 8 rings (SSSR count). The Kier molecular flexibility index (Phi) is 9.21. The van der Waals surface area contributed by atoms with Crippen LogP contribution in [0.5, 0.6) is 0 Å². The van der Waals surface area contributed by atoms with Gasteiger partial charge in [-0.1, -0.05) is 91.0 Å². The van der Waals surface area contributed by atoms with Crippen molar-refractivity contribution in [3.8, 4) is 0 Å². The van der Waals surface area contributed by atoms with E-state index in [2.05, 4.69) is 4.99 Å². The normalized spacial score (nSPS) is 16.2. The summed E-state index contributed by atoms with van der Waals surface area (Å²) in [5.74, 6) is 0. The van der Waals surface area contributed by atoms with Crippen LogP contribution < -0.4 is 10.7 Å². The summed E-state index contributed by atoms with van der Waals surface area (Å²) in [6.07, 6.45) is -38.9. The lowest BCUT2D eigenvalue weighted by Crippen LogP contribution is -2.50. The first-order valence-corrected chi connectivity index (χ1v) is 17.2. The van der Waals surface area contributed by atoms with E-state index in [-0.39, 0.29) is 0 Å². The molecule has 0 saturated heterocycles. The van der Waals surface area contributed by atoms with E-state index in [1.54, 1.807) is 0 Å². The van der Waals surface area contributed by atoms with Crippen molar-refractivity contribution >= 4 is 29.7 Å². The van der Waals surface area contributed by atoms with Gasteiger partial charge in [0.05, 0.1) is 66.9 Å². The summed E-state index contributed by atoms with van der Waals surface area (Å²) in [7, 11) is -4.15. The Bertz CT molecular complexity index is 2900. The number of alkyl halides is 18. The molecule has 3 aromatic carbocycles. The minimum Gasteiger partial charge on any atom is -0.333 e. The van der Waals surface area contributed by atoms with Crippen molar-refractivity contribution in [1.29, 1.82) is 0 Å². The second-order valence-corrected chi connectivity index (χ2v) is 13.7. The van der Waals surface area contributed by atoms with Gasteiger partial charge in [-0.2, -0.15) is 79.0 Å². The Balaban J connectivity index is 1.92. The second-order valence-electron chi connectivity index (χ2n) is 13.7. The molecule has 4 bridgehead atoms. The third kappa shape index (κ3) is 6.35. The third-order valence-electron chi connectivity index (χ3n) is 10.1. The maximum Gasteiger partial charge on any atom is 0.597 e. The maximum absolute atomic E-state index is 18.1. The van der Waals surface area contributed by atoms with Crippen LogP contribution in [0.1, 0.15) is 50.3 Å². The van der Waals surface area contributed by atoms with Gasteiger partial charge in [-0.3, -0.25) is 4.32 Å². The number of aromatic nitrogens is 2. The third-order valence-corrected chi connectivity index (χ3v) is 10.1. The van der Waals surface area contributed by atoms with Crippen LogP contribution in [0.25, 0.3) is 16.7 Å². The van der Waals surface area contributed by atoms with Crippen LogP contribution in [0.4, 0.5) is 83.3 Å². The standard InChI is InChI=1S/C39H15BF19N3/c41-34(42,43)22-23(35(44,45)46)29-20(17-12-6-2-7-13-17)31-25(37(50,51)52)27(39(56,57)58)33-21(18-14-8-3-9-15-18)32-26(38(53,54)55)24(36(47,48)49)30(61(32)40(59)62(31)33)19(28(22)60-29)16-10-4-1-5-11-16/h1-15H. The quantitative estimate of drug-likeness (QED) is 0.127. The van der Waals surface area contributed by atoms with Crippen molar-refractivity contribution in [2.75, 3.05) is 0 Å². The van der Waals surface area contributed by atoms with Gasteiger partial charge in [-0.15, -0.1) is 0 Å². The second kappa shape index (κ2) is 13.4. The molecule has 2 aromatic heterocycles. The highest BCUT2D eigenvalue weighted by molar-refractivity contribution is 6.50. The highest BCUT2D eigenvalue weighted by Gasteiger charge is 2.60. The fourth-order valence-corrected chi connectivity index (χ4v) is 8.15. The van der Waals surface area contributed by atoms with E-state index in [1.165, 1.54) is 0 Å². The summed E-state index contributed by atoms with van der Waals surface area (Å²) in [4.78, 5) is 3.39. The summed E-state index contributed by atoms with van der Waals surface area (Å²) in [5, 5.41) is -4.60. The zero-order valence-corrected chi connectivity index (χ0v) is 29.8. The Labute approximate surface area is 332 Å². The average Bonchev–Trinajstić information content (AvgIpc) is 3.84. The Morgan fingerprint density at radius 1 is 0.371 bits per heavy atom. The first-order chi connectivity index (χ1) is 28.6. The van der Waals surface area contributed by atoms with Crippen LogP contribution in [0, 0.1) is 0 Å². The van der Waals surface area contributed by atoms with Crippen molar-refractivity contribution in [3.05, 3.63) is 169 Å². The molecule has 0 radical (unpaired) electrons. The van der Waals surface area contributed by atoms with Gasteiger partial charge in [0, 0.05) is 16.7 Å². The minimum absolute atomic E-state index is 0.617. The zero-order valence-electron chi connectivity index (χ0n) is 29.8. The fraction of sp³-hybridized carbons (Fsp3) is 0.154. The Hall–Kier alpha value is -6.16. The SMILES string of the molecule is FB1n2c3c(C(F)(F)F)c(C(F)(F)F)c2C(c2ccccc2)=c2c(C(F)(F)F)c(C(F)(F)F)c(n21)=C(c1ccccc1)C1=NC(=C3c2ccccc2)C(C(F)(F)F)=C1C(F)(F)F. The van der Waals surface area contributed by atoms with Gasteiger partial charge in [-0.05, 0) is 16.7 Å². The van der Waals surface area contributed by atoms with E-state index in [0.29, 0.717) is 36.4 Å². The summed E-state index contributed by atoms with van der Waals surface area (Å²) in [6, 6.07) is 12.2. The molecule has 0 fully saturated rings. The van der Waals surface area contributed by atoms with E-state index >= 15 is 83.3 Å². The number of benzene rings is 3. The minimum atomic E-state index is -6.51. The van der Waals surface area contributed by atoms with Gasteiger partial charge in [-0.25, -0.2) is 4.99 Å². The van der Waals surface area contributed by atoms with Crippen LogP contribution in [0.3, 0.4) is 0 Å². The zero-order chi connectivity index (χ0) is 45.4. The van der Waals surface area contributed by atoms with Crippen LogP contribution in [0.15, 0.2) is 113 Å². The summed E-state index contributed by atoms with van der Waals surface area (Å²) in [6.45, 7) is 0. The maximum atomic E-state index is 18.1. The lowest BCUT2D eigenvalue weighted by Gasteiger charge is -2.27. The van der Waals surface area contributed by atoms with Crippen molar-refractivity contribution in [2.24, 2.45) is 4.99 Å². The van der Waals surface area contributed by atoms with Crippen LogP contribution in [-0.2, 0) is 24.7 Å². The van der Waals surface area contributed by atoms with E-state index in [0.717, 1.165) is 54.6 Å². The summed E-state index contributed by atoms with van der Waals surface area (Å²) < 4.78 is 296. The largest absolute Gasteiger partial charge is 0.597 e. The molecular weight excluding hydrogens is 882 g/mol. The first kappa shape index (κ1) is 42.5. The van der Waals surface area contributed by atoms with Gasteiger partial charge in [0.1, 0.15) is 0 Å². The molecule has 5 heterocycles. The van der Waals surface area contributed by atoms with E-state index < -0.39 is 154 Å². The average molecular weight is 897 g/mol. The molecule has 3 nitrogen and oxygen atoms in total. The summed E-state index contributed by atoms with van der Waals surface area (Å²) >= 11 is 0. The molecule has 0 unspecified atom stereocenters. The molecule has 3 aliphatic rings. The monoisotopic (exact) mass is 897 g/mol. The van der Waals surface area contributed by atoms with Crippen LogP contribution in [-0.4, -0.2) is 34.3 Å². The topological polar surface area (TPSA) is 22.2 Å². The number of hydrogen-bond acceptors (Lipinski definition) is 1. The van der Waals surface area contributed by atoms with E-state index in [1.807, 2.05) is 0 Å². The van der Waals surface area contributed by atoms with Crippen LogP contribution in [0.2, 0.25) is 0 Å². The number of rotatable bonds is 3. The molecular formula is C39H15BF19N3. The van der Waals surface area contributed by atoms with E-state index in [9.17, 15) is 0 Å². The molecule has 5 aromatic rings. The molecule has 0 saturated carbocycles. The molecule has 0 aliphatic carbocycles. The number of nitrogens with zero attached hydrogens (tertiary/aromatic N) is 3. The van der Waals surface area contributed by atoms with Gasteiger partial charge < -0.3 is 8.96 Å². The van der Waals surface area contributed by atoms with E-state index in [4.69, 9.17) is 0 Å². The number of halogens is 19. The van der Waals surface area contributed by atoms with Crippen molar-refractivity contribution < 1.29 is 83.3 Å².